The number of anilines is 1. The highest BCUT2D eigenvalue weighted by atomic mass is 35.5. The molecular weight excluding hydrogens is 368 g/mol. The number of ether oxygens (including phenoxy) is 3. The van der Waals surface area contributed by atoms with Gasteiger partial charge in [-0.2, -0.15) is 0 Å². The number of nitrogens with one attached hydrogen (secondary N) is 2. The van der Waals surface area contributed by atoms with Gasteiger partial charge in [0.05, 0.1) is 27.8 Å². The summed E-state index contributed by atoms with van der Waals surface area (Å²) in [7, 11) is 4.59. The molecule has 0 radical (unpaired) electrons. The third kappa shape index (κ3) is 3.80. The average molecular weight is 389 g/mol. The SMILES string of the molecule is COc1cc(NC(=O)Cc2c(C)[nH]c3ccc(Cl)cc23)cc(OC)c1OC. The molecule has 0 aliphatic heterocycles. The number of rotatable bonds is 6. The lowest BCUT2D eigenvalue weighted by atomic mass is 10.1. The largest absolute Gasteiger partial charge is 0.493 e. The van der Waals surface area contributed by atoms with Gasteiger partial charge in [0.1, 0.15) is 0 Å². The normalized spacial score (nSPS) is 10.7. The number of hydrogen-bond acceptors (Lipinski definition) is 4. The fourth-order valence-corrected chi connectivity index (χ4v) is 3.27. The number of benzene rings is 2. The van der Waals surface area contributed by atoms with E-state index in [4.69, 9.17) is 25.8 Å². The average Bonchev–Trinajstić information content (AvgIpc) is 2.95. The standard InChI is InChI=1S/C20H21ClN2O4/c1-11-14(15-7-12(21)5-6-16(15)22-11)10-19(24)23-13-8-17(25-2)20(27-4)18(9-13)26-3/h5-9,22H,10H2,1-4H3,(H,23,24). The highest BCUT2D eigenvalue weighted by molar-refractivity contribution is 6.31. The van der Waals surface area contributed by atoms with Gasteiger partial charge >= 0.3 is 0 Å². The van der Waals surface area contributed by atoms with Crippen LogP contribution in [0, 0.1) is 6.92 Å². The first kappa shape index (κ1) is 18.9. The van der Waals surface area contributed by atoms with Crippen LogP contribution >= 0.6 is 11.6 Å². The highest BCUT2D eigenvalue weighted by Gasteiger charge is 2.16. The summed E-state index contributed by atoms with van der Waals surface area (Å²) < 4.78 is 15.9. The van der Waals surface area contributed by atoms with Gasteiger partial charge in [0.2, 0.25) is 11.7 Å². The monoisotopic (exact) mass is 388 g/mol. The maximum absolute atomic E-state index is 12.6. The van der Waals surface area contributed by atoms with Crippen molar-refractivity contribution in [1.82, 2.24) is 4.98 Å². The summed E-state index contributed by atoms with van der Waals surface area (Å²) in [6.45, 7) is 1.94. The number of carbonyl (C=O) groups excluding carboxylic acids is 1. The minimum atomic E-state index is -0.159. The van der Waals surface area contributed by atoms with Crippen molar-refractivity contribution < 1.29 is 19.0 Å². The van der Waals surface area contributed by atoms with Crippen molar-refractivity contribution in [3.05, 3.63) is 46.6 Å². The predicted octanol–water partition coefficient (Wildman–Crippen LogP) is 4.34. The Morgan fingerprint density at radius 2 is 1.74 bits per heavy atom. The van der Waals surface area contributed by atoms with Crippen molar-refractivity contribution in [1.29, 1.82) is 0 Å². The third-order valence-electron chi connectivity index (χ3n) is 4.37. The van der Waals surface area contributed by atoms with Gasteiger partial charge in [0, 0.05) is 39.4 Å². The second-order valence-electron chi connectivity index (χ2n) is 6.06. The molecule has 0 fully saturated rings. The van der Waals surface area contributed by atoms with E-state index in [1.807, 2.05) is 25.1 Å². The molecule has 0 bridgehead atoms. The summed E-state index contributed by atoms with van der Waals surface area (Å²) in [4.78, 5) is 15.9. The quantitative estimate of drug-likeness (QED) is 0.659. The number of aromatic amines is 1. The Balaban J connectivity index is 1.87. The molecule has 6 nitrogen and oxygen atoms in total. The van der Waals surface area contributed by atoms with Crippen LogP contribution in [-0.2, 0) is 11.2 Å². The van der Waals surface area contributed by atoms with Crippen LogP contribution in [-0.4, -0.2) is 32.2 Å². The maximum atomic E-state index is 12.6. The lowest BCUT2D eigenvalue weighted by molar-refractivity contribution is -0.115. The van der Waals surface area contributed by atoms with Gasteiger partial charge in [-0.1, -0.05) is 11.6 Å². The number of H-pyrrole nitrogens is 1. The molecule has 1 aromatic heterocycles. The van der Waals surface area contributed by atoms with E-state index in [1.54, 1.807) is 12.1 Å². The number of carbonyl (C=O) groups is 1. The Morgan fingerprint density at radius 1 is 1.07 bits per heavy atom. The van der Waals surface area contributed by atoms with Crippen LogP contribution in [0.2, 0.25) is 5.02 Å². The van der Waals surface area contributed by atoms with Crippen molar-refractivity contribution >= 4 is 34.1 Å². The first-order valence-electron chi connectivity index (χ1n) is 8.33. The summed E-state index contributed by atoms with van der Waals surface area (Å²) in [5.74, 6) is 1.26. The Morgan fingerprint density at radius 3 is 2.33 bits per heavy atom. The van der Waals surface area contributed by atoms with Crippen LogP contribution in [0.1, 0.15) is 11.3 Å². The van der Waals surface area contributed by atoms with Gasteiger partial charge in [-0.25, -0.2) is 0 Å². The third-order valence-corrected chi connectivity index (χ3v) is 4.60. The zero-order valence-corrected chi connectivity index (χ0v) is 16.4. The molecule has 3 aromatic rings. The topological polar surface area (TPSA) is 72.6 Å². The molecule has 3 rings (SSSR count). The molecule has 142 valence electrons. The molecule has 0 spiro atoms. The summed E-state index contributed by atoms with van der Waals surface area (Å²) >= 11 is 6.11. The molecular formula is C20H21ClN2O4. The molecule has 1 heterocycles. The van der Waals surface area contributed by atoms with E-state index < -0.39 is 0 Å². The smallest absolute Gasteiger partial charge is 0.228 e. The van der Waals surface area contributed by atoms with E-state index in [0.29, 0.717) is 28.0 Å². The molecule has 0 saturated carbocycles. The molecule has 2 N–H and O–H groups in total. The molecule has 0 unspecified atom stereocenters. The Labute approximate surface area is 162 Å². The van der Waals surface area contributed by atoms with Crippen LogP contribution in [0.4, 0.5) is 5.69 Å². The predicted molar refractivity (Wildman–Crippen MR) is 106 cm³/mol. The lowest BCUT2D eigenvalue weighted by Crippen LogP contribution is -2.15. The van der Waals surface area contributed by atoms with Crippen molar-refractivity contribution in [3.63, 3.8) is 0 Å². The van der Waals surface area contributed by atoms with Crippen LogP contribution in [0.25, 0.3) is 10.9 Å². The zero-order chi connectivity index (χ0) is 19.6. The van der Waals surface area contributed by atoms with E-state index >= 15 is 0 Å². The Bertz CT molecular complexity index is 972. The van der Waals surface area contributed by atoms with Crippen LogP contribution < -0.4 is 19.5 Å². The van der Waals surface area contributed by atoms with E-state index in [2.05, 4.69) is 10.3 Å². The maximum Gasteiger partial charge on any atom is 0.228 e. The van der Waals surface area contributed by atoms with E-state index in [9.17, 15) is 4.79 Å². The molecule has 0 aliphatic rings. The molecule has 0 atom stereocenters. The highest BCUT2D eigenvalue weighted by Crippen LogP contribution is 2.40. The first-order valence-corrected chi connectivity index (χ1v) is 8.71. The van der Waals surface area contributed by atoms with Crippen molar-refractivity contribution in [3.8, 4) is 17.2 Å². The van der Waals surface area contributed by atoms with Crippen molar-refractivity contribution in [2.24, 2.45) is 0 Å². The molecule has 7 heteroatoms. The number of hydrogen-bond donors (Lipinski definition) is 2. The number of aromatic nitrogens is 1. The molecule has 1 amide bonds. The second kappa shape index (κ2) is 7.80. The zero-order valence-electron chi connectivity index (χ0n) is 15.6. The van der Waals surface area contributed by atoms with Crippen LogP contribution in [0.3, 0.4) is 0 Å². The minimum Gasteiger partial charge on any atom is -0.493 e. The van der Waals surface area contributed by atoms with E-state index in [1.165, 1.54) is 21.3 Å². The number of halogens is 1. The van der Waals surface area contributed by atoms with Crippen LogP contribution in [0.5, 0.6) is 17.2 Å². The molecule has 2 aromatic carbocycles. The summed E-state index contributed by atoms with van der Waals surface area (Å²) in [6.07, 6.45) is 0.211. The van der Waals surface area contributed by atoms with E-state index in [0.717, 1.165) is 22.2 Å². The van der Waals surface area contributed by atoms with Gasteiger partial charge in [-0.05, 0) is 30.7 Å². The van der Waals surface area contributed by atoms with Gasteiger partial charge in [0.15, 0.2) is 11.5 Å². The summed E-state index contributed by atoms with van der Waals surface area (Å²) in [5, 5.41) is 4.46. The number of aryl methyl sites for hydroxylation is 1. The van der Waals surface area contributed by atoms with Crippen LogP contribution in [0.15, 0.2) is 30.3 Å². The minimum absolute atomic E-state index is 0.159. The summed E-state index contributed by atoms with van der Waals surface area (Å²) in [5.41, 5.74) is 3.36. The fourth-order valence-electron chi connectivity index (χ4n) is 3.10. The number of fused-ring (bicyclic) bond motifs is 1. The molecule has 0 saturated heterocycles. The Hall–Kier alpha value is -2.86. The number of amides is 1. The lowest BCUT2D eigenvalue weighted by Gasteiger charge is -2.14. The van der Waals surface area contributed by atoms with Crippen molar-refractivity contribution in [2.75, 3.05) is 26.6 Å². The molecule has 27 heavy (non-hydrogen) atoms. The Kier molecular flexibility index (Phi) is 5.46. The van der Waals surface area contributed by atoms with E-state index in [-0.39, 0.29) is 12.3 Å². The number of methoxy groups -OCH3 is 3. The second-order valence-corrected chi connectivity index (χ2v) is 6.49. The summed E-state index contributed by atoms with van der Waals surface area (Å²) in [6, 6.07) is 8.98. The van der Waals surface area contributed by atoms with Gasteiger partial charge in [0.25, 0.3) is 0 Å². The van der Waals surface area contributed by atoms with Crippen molar-refractivity contribution in [2.45, 2.75) is 13.3 Å². The van der Waals surface area contributed by atoms with Gasteiger partial charge in [-0.3, -0.25) is 4.79 Å². The first-order chi connectivity index (χ1) is 13.0. The molecule has 0 aliphatic carbocycles. The van der Waals surface area contributed by atoms with Gasteiger partial charge < -0.3 is 24.5 Å². The fraction of sp³-hybridized carbons (Fsp3) is 0.250. The van der Waals surface area contributed by atoms with Gasteiger partial charge in [-0.15, -0.1) is 0 Å².